The first-order valence-corrected chi connectivity index (χ1v) is 2.98. The summed E-state index contributed by atoms with van der Waals surface area (Å²) in [5.74, 6) is 0. The van der Waals surface area contributed by atoms with Crippen LogP contribution in [0.15, 0.2) is 0 Å². The maximum absolute atomic E-state index is 8.85. The largest absolute Gasteiger partial charge is 0.394 e. The van der Waals surface area contributed by atoms with Gasteiger partial charge in [-0.25, -0.2) is 0 Å². The third-order valence-corrected chi connectivity index (χ3v) is 1.22. The fourth-order valence-corrected chi connectivity index (χ4v) is 0.504. The fourth-order valence-electron chi connectivity index (χ4n) is 0.504. The number of nitrogens with two attached hydrogens (primary N) is 1. The van der Waals surface area contributed by atoms with Gasteiger partial charge in [0.1, 0.15) is 12.2 Å². The Balaban J connectivity index is 3.69. The van der Waals surface area contributed by atoms with Gasteiger partial charge in [-0.2, -0.15) is 0 Å². The third kappa shape index (κ3) is 2.59. The smallest absolute Gasteiger partial charge is 0.109 e. The second-order valence-electron chi connectivity index (χ2n) is 2.04. The van der Waals surface area contributed by atoms with E-state index < -0.39 is 24.9 Å². The van der Waals surface area contributed by atoms with Gasteiger partial charge in [0.2, 0.25) is 0 Å². The van der Waals surface area contributed by atoms with E-state index in [1.165, 1.54) is 0 Å². The van der Waals surface area contributed by atoms with Gasteiger partial charge < -0.3 is 26.2 Å². The highest BCUT2D eigenvalue weighted by Crippen LogP contribution is 1.97. The molecule has 62 valence electrons. The molecular weight excluding hydrogens is 138 g/mol. The van der Waals surface area contributed by atoms with E-state index in [0.717, 1.165) is 0 Å². The fraction of sp³-hybridized carbons (Fsp3) is 1.00. The van der Waals surface area contributed by atoms with Gasteiger partial charge in [0, 0.05) is 6.54 Å². The Kier molecular flexibility index (Phi) is 4.50. The van der Waals surface area contributed by atoms with Crippen molar-refractivity contribution in [1.29, 1.82) is 0 Å². The normalized spacial score (nSPS) is 20.1. The average molecular weight is 151 g/mol. The lowest BCUT2D eigenvalue weighted by atomic mass is 10.1. The molecule has 0 aromatic carbocycles. The van der Waals surface area contributed by atoms with Gasteiger partial charge in [0.25, 0.3) is 0 Å². The summed E-state index contributed by atoms with van der Waals surface area (Å²) in [5, 5.41) is 34.6. The summed E-state index contributed by atoms with van der Waals surface area (Å²) in [5.41, 5.74) is 4.96. The summed E-state index contributed by atoms with van der Waals surface area (Å²) >= 11 is 0. The third-order valence-electron chi connectivity index (χ3n) is 1.22. The standard InChI is InChI=1S/C5H13NO4/c6-1-3(8)5(10)4(9)2-7/h3-5,7-10H,1-2,6H2/t3?,4?,5-/m1/s1. The molecule has 5 nitrogen and oxygen atoms in total. The van der Waals surface area contributed by atoms with Gasteiger partial charge in [-0.1, -0.05) is 0 Å². The van der Waals surface area contributed by atoms with Gasteiger partial charge in [-0.05, 0) is 0 Å². The molecule has 0 spiro atoms. The minimum Gasteiger partial charge on any atom is -0.394 e. The van der Waals surface area contributed by atoms with Crippen molar-refractivity contribution in [2.45, 2.75) is 18.3 Å². The second kappa shape index (κ2) is 4.59. The first-order valence-electron chi connectivity index (χ1n) is 2.98. The number of hydrogen-bond acceptors (Lipinski definition) is 5. The predicted molar refractivity (Wildman–Crippen MR) is 34.2 cm³/mol. The summed E-state index contributed by atoms with van der Waals surface area (Å²) in [6, 6.07) is 0. The van der Waals surface area contributed by atoms with Gasteiger partial charge in [-0.15, -0.1) is 0 Å². The lowest BCUT2D eigenvalue weighted by Gasteiger charge is -2.19. The quantitative estimate of drug-likeness (QED) is 0.295. The lowest BCUT2D eigenvalue weighted by Crippen LogP contribution is -2.43. The molecule has 0 aliphatic carbocycles. The topological polar surface area (TPSA) is 107 Å². The molecule has 0 amide bonds. The van der Waals surface area contributed by atoms with Crippen LogP contribution in [0.25, 0.3) is 0 Å². The highest BCUT2D eigenvalue weighted by molar-refractivity contribution is 4.74. The van der Waals surface area contributed by atoms with Gasteiger partial charge in [0.05, 0.1) is 12.7 Å². The van der Waals surface area contributed by atoms with Crippen molar-refractivity contribution < 1.29 is 20.4 Å². The number of aliphatic hydroxyl groups excluding tert-OH is 4. The van der Waals surface area contributed by atoms with E-state index >= 15 is 0 Å². The zero-order valence-electron chi connectivity index (χ0n) is 5.51. The van der Waals surface area contributed by atoms with Gasteiger partial charge >= 0.3 is 0 Å². The minimum atomic E-state index is -1.37. The molecule has 0 saturated heterocycles. The molecule has 0 bridgehead atoms. The Labute approximate surface area is 58.7 Å². The highest BCUT2D eigenvalue weighted by atomic mass is 16.4. The predicted octanol–water partition coefficient (Wildman–Crippen LogP) is -2.98. The molecule has 6 N–H and O–H groups in total. The van der Waals surface area contributed by atoms with E-state index in [9.17, 15) is 0 Å². The van der Waals surface area contributed by atoms with E-state index in [1.807, 2.05) is 0 Å². The molecule has 2 unspecified atom stereocenters. The summed E-state index contributed by atoms with van der Waals surface area (Å²) < 4.78 is 0. The van der Waals surface area contributed by atoms with Crippen LogP contribution < -0.4 is 5.73 Å². The molecule has 0 aliphatic heterocycles. The number of aliphatic hydroxyl groups is 4. The van der Waals surface area contributed by atoms with E-state index in [-0.39, 0.29) is 6.54 Å². The van der Waals surface area contributed by atoms with Crippen LogP contribution in [-0.2, 0) is 0 Å². The van der Waals surface area contributed by atoms with Crippen LogP contribution in [0.1, 0.15) is 0 Å². The molecule has 0 aliphatic rings. The van der Waals surface area contributed by atoms with E-state index in [4.69, 9.17) is 26.2 Å². The monoisotopic (exact) mass is 151 g/mol. The van der Waals surface area contributed by atoms with Crippen LogP contribution in [-0.4, -0.2) is 51.9 Å². The molecule has 0 aromatic heterocycles. The average Bonchev–Trinajstić information content (AvgIpc) is 2.00. The van der Waals surface area contributed by atoms with Crippen LogP contribution >= 0.6 is 0 Å². The van der Waals surface area contributed by atoms with Crippen LogP contribution in [0, 0.1) is 0 Å². The molecule has 0 aromatic rings. The molecule has 0 radical (unpaired) electrons. The Bertz CT molecular complexity index is 79.7. The summed E-state index contributed by atoms with van der Waals surface area (Å²) in [4.78, 5) is 0. The Morgan fingerprint density at radius 2 is 1.60 bits per heavy atom. The lowest BCUT2D eigenvalue weighted by molar-refractivity contribution is -0.0727. The molecule has 0 heterocycles. The maximum atomic E-state index is 8.85. The zero-order valence-corrected chi connectivity index (χ0v) is 5.51. The summed E-state index contributed by atoms with van der Waals surface area (Å²) in [6.45, 7) is -0.726. The van der Waals surface area contributed by atoms with Crippen molar-refractivity contribution in [3.8, 4) is 0 Å². The molecule has 0 saturated carbocycles. The zero-order chi connectivity index (χ0) is 8.15. The van der Waals surface area contributed by atoms with Crippen molar-refractivity contribution in [2.75, 3.05) is 13.2 Å². The van der Waals surface area contributed by atoms with Crippen LogP contribution in [0.4, 0.5) is 0 Å². The van der Waals surface area contributed by atoms with Crippen molar-refractivity contribution in [2.24, 2.45) is 5.73 Å². The molecule has 0 fully saturated rings. The van der Waals surface area contributed by atoms with Gasteiger partial charge in [-0.3, -0.25) is 0 Å². The van der Waals surface area contributed by atoms with E-state index in [0.29, 0.717) is 0 Å². The van der Waals surface area contributed by atoms with Crippen molar-refractivity contribution in [1.82, 2.24) is 0 Å². The second-order valence-corrected chi connectivity index (χ2v) is 2.04. The minimum absolute atomic E-state index is 0.141. The van der Waals surface area contributed by atoms with Crippen LogP contribution in [0.3, 0.4) is 0 Å². The molecule has 10 heavy (non-hydrogen) atoms. The van der Waals surface area contributed by atoms with Gasteiger partial charge in [0.15, 0.2) is 0 Å². The summed E-state index contributed by atoms with van der Waals surface area (Å²) in [7, 11) is 0. The molecule has 0 rings (SSSR count). The van der Waals surface area contributed by atoms with E-state index in [1.54, 1.807) is 0 Å². The van der Waals surface area contributed by atoms with Crippen molar-refractivity contribution >= 4 is 0 Å². The first-order chi connectivity index (χ1) is 4.63. The maximum Gasteiger partial charge on any atom is 0.109 e. The van der Waals surface area contributed by atoms with Crippen LogP contribution in [0.2, 0.25) is 0 Å². The summed E-state index contributed by atoms with van der Waals surface area (Å²) in [6.07, 6.45) is -3.87. The Hall–Kier alpha value is -0.200. The van der Waals surface area contributed by atoms with Crippen LogP contribution in [0.5, 0.6) is 0 Å². The van der Waals surface area contributed by atoms with Crippen molar-refractivity contribution in [3.63, 3.8) is 0 Å². The van der Waals surface area contributed by atoms with E-state index in [2.05, 4.69) is 0 Å². The first kappa shape index (κ1) is 9.80. The van der Waals surface area contributed by atoms with Crippen molar-refractivity contribution in [3.05, 3.63) is 0 Å². The Morgan fingerprint density at radius 3 is 1.90 bits per heavy atom. The molecular formula is C5H13NO4. The molecule has 5 heteroatoms. The Morgan fingerprint density at radius 1 is 1.10 bits per heavy atom. The molecule has 3 atom stereocenters. The number of rotatable bonds is 4. The highest BCUT2D eigenvalue weighted by Gasteiger charge is 2.22. The SMILES string of the molecule is NCC(O)[C@@H](O)C(O)CO. The number of hydrogen-bond donors (Lipinski definition) is 5.